The van der Waals surface area contributed by atoms with Crippen molar-refractivity contribution in [3.8, 4) is 0 Å². The molecule has 1 aliphatic carbocycles. The summed E-state index contributed by atoms with van der Waals surface area (Å²) in [7, 11) is 0. The predicted molar refractivity (Wildman–Crippen MR) is 106 cm³/mol. The maximum Gasteiger partial charge on any atom is 0.325 e. The van der Waals surface area contributed by atoms with Crippen LogP contribution in [0.5, 0.6) is 0 Å². The van der Waals surface area contributed by atoms with Gasteiger partial charge in [0.1, 0.15) is 0 Å². The van der Waals surface area contributed by atoms with Gasteiger partial charge in [-0.3, -0.25) is 14.8 Å². The second kappa shape index (κ2) is 7.58. The van der Waals surface area contributed by atoms with Gasteiger partial charge < -0.3 is 4.98 Å². The molecule has 0 radical (unpaired) electrons. The topological polar surface area (TPSA) is 78.6 Å². The standard InChI is InChI=1S/C22H21N3O2/c26-21-19(13-15-5-2-1-3-6-15)20(24-22(27)25-21)17-10-8-16(9-11-17)18-7-4-12-23-14-18/h1-8,12,14,17H,9-11,13H2,(H2,24,25,26,27). The molecule has 0 amide bonds. The first-order valence-electron chi connectivity index (χ1n) is 9.19. The van der Waals surface area contributed by atoms with Crippen LogP contribution in [0.1, 0.15) is 47.6 Å². The molecule has 5 heteroatoms. The number of aromatic nitrogens is 3. The third kappa shape index (κ3) is 3.82. The summed E-state index contributed by atoms with van der Waals surface area (Å²) in [4.78, 5) is 33.9. The maximum atomic E-state index is 12.5. The van der Waals surface area contributed by atoms with E-state index in [9.17, 15) is 9.59 Å². The summed E-state index contributed by atoms with van der Waals surface area (Å²) >= 11 is 0. The lowest BCUT2D eigenvalue weighted by atomic mass is 9.83. The van der Waals surface area contributed by atoms with E-state index in [0.29, 0.717) is 12.0 Å². The highest BCUT2D eigenvalue weighted by atomic mass is 16.2. The van der Waals surface area contributed by atoms with E-state index in [-0.39, 0.29) is 11.5 Å². The van der Waals surface area contributed by atoms with Crippen LogP contribution in [0.15, 0.2) is 70.5 Å². The molecule has 1 aromatic carbocycles. The van der Waals surface area contributed by atoms with Gasteiger partial charge in [0.05, 0.1) is 0 Å². The van der Waals surface area contributed by atoms with Crippen molar-refractivity contribution in [3.05, 3.63) is 104 Å². The molecule has 136 valence electrons. The Kier molecular flexibility index (Phi) is 4.83. The molecule has 0 saturated carbocycles. The smallest absolute Gasteiger partial charge is 0.311 e. The Hall–Kier alpha value is -3.21. The van der Waals surface area contributed by atoms with Gasteiger partial charge in [0.25, 0.3) is 5.56 Å². The van der Waals surface area contributed by atoms with Crippen molar-refractivity contribution in [2.45, 2.75) is 31.6 Å². The van der Waals surface area contributed by atoms with E-state index in [2.05, 4.69) is 27.1 Å². The molecule has 3 aromatic rings. The van der Waals surface area contributed by atoms with Crippen molar-refractivity contribution >= 4 is 5.57 Å². The van der Waals surface area contributed by atoms with Crippen molar-refractivity contribution in [1.82, 2.24) is 15.0 Å². The van der Waals surface area contributed by atoms with E-state index in [1.807, 2.05) is 42.6 Å². The summed E-state index contributed by atoms with van der Waals surface area (Å²) in [5.41, 5.74) is 4.17. The molecule has 0 saturated heterocycles. The van der Waals surface area contributed by atoms with Gasteiger partial charge in [0, 0.05) is 36.0 Å². The van der Waals surface area contributed by atoms with Crippen LogP contribution in [0.2, 0.25) is 0 Å². The quantitative estimate of drug-likeness (QED) is 0.749. The van der Waals surface area contributed by atoms with Gasteiger partial charge in [-0.2, -0.15) is 0 Å². The van der Waals surface area contributed by atoms with Crippen LogP contribution < -0.4 is 11.2 Å². The molecule has 1 unspecified atom stereocenters. The number of rotatable bonds is 4. The summed E-state index contributed by atoms with van der Waals surface area (Å²) in [6.45, 7) is 0. The zero-order valence-corrected chi connectivity index (χ0v) is 14.9. The molecule has 0 spiro atoms. The molecule has 4 rings (SSSR count). The Morgan fingerprint density at radius 2 is 1.89 bits per heavy atom. The van der Waals surface area contributed by atoms with Crippen molar-refractivity contribution in [1.29, 1.82) is 0 Å². The number of nitrogens with one attached hydrogen (secondary N) is 2. The monoisotopic (exact) mass is 359 g/mol. The average Bonchev–Trinajstić information content (AvgIpc) is 2.71. The van der Waals surface area contributed by atoms with Gasteiger partial charge in [0.15, 0.2) is 0 Å². The van der Waals surface area contributed by atoms with E-state index in [1.165, 1.54) is 5.57 Å². The van der Waals surface area contributed by atoms with Crippen molar-refractivity contribution in [3.63, 3.8) is 0 Å². The molecular weight excluding hydrogens is 338 g/mol. The highest BCUT2D eigenvalue weighted by molar-refractivity contribution is 5.65. The van der Waals surface area contributed by atoms with Crippen LogP contribution in [-0.2, 0) is 6.42 Å². The summed E-state index contributed by atoms with van der Waals surface area (Å²) in [6, 6.07) is 13.9. The Morgan fingerprint density at radius 3 is 2.59 bits per heavy atom. The first kappa shape index (κ1) is 17.2. The number of aromatic amines is 2. The Balaban J connectivity index is 1.65. The molecule has 5 nitrogen and oxygen atoms in total. The van der Waals surface area contributed by atoms with Gasteiger partial charge in [-0.15, -0.1) is 0 Å². The fourth-order valence-corrected chi connectivity index (χ4v) is 3.77. The molecule has 1 aliphatic rings. The van der Waals surface area contributed by atoms with Crippen molar-refractivity contribution in [2.75, 3.05) is 0 Å². The first-order valence-corrected chi connectivity index (χ1v) is 9.19. The second-order valence-corrected chi connectivity index (χ2v) is 6.91. The number of H-pyrrole nitrogens is 2. The van der Waals surface area contributed by atoms with E-state index in [4.69, 9.17) is 0 Å². The summed E-state index contributed by atoms with van der Waals surface area (Å²) in [5.74, 6) is 0.138. The Labute approximate surface area is 156 Å². The van der Waals surface area contributed by atoms with Gasteiger partial charge in [-0.25, -0.2) is 4.79 Å². The van der Waals surface area contributed by atoms with E-state index >= 15 is 0 Å². The molecule has 1 atom stereocenters. The average molecular weight is 359 g/mol. The summed E-state index contributed by atoms with van der Waals surface area (Å²) in [6.07, 6.45) is 8.95. The van der Waals surface area contributed by atoms with Crippen LogP contribution >= 0.6 is 0 Å². The van der Waals surface area contributed by atoms with Gasteiger partial charge in [-0.1, -0.05) is 42.5 Å². The summed E-state index contributed by atoms with van der Waals surface area (Å²) < 4.78 is 0. The highest BCUT2D eigenvalue weighted by Gasteiger charge is 2.22. The fraction of sp³-hybridized carbons (Fsp3) is 0.227. The fourth-order valence-electron chi connectivity index (χ4n) is 3.77. The SMILES string of the molecule is O=c1[nH]c(C2CC=C(c3cccnc3)CC2)c(Cc2ccccc2)c(=O)[nH]1. The number of hydrogen-bond acceptors (Lipinski definition) is 3. The van der Waals surface area contributed by atoms with Crippen molar-refractivity contribution in [2.24, 2.45) is 0 Å². The van der Waals surface area contributed by atoms with E-state index < -0.39 is 5.69 Å². The lowest BCUT2D eigenvalue weighted by Crippen LogP contribution is -2.29. The van der Waals surface area contributed by atoms with E-state index in [0.717, 1.165) is 36.1 Å². The summed E-state index contributed by atoms with van der Waals surface area (Å²) in [5, 5.41) is 0. The maximum absolute atomic E-state index is 12.5. The lowest BCUT2D eigenvalue weighted by Gasteiger charge is -2.23. The van der Waals surface area contributed by atoms with Crippen LogP contribution in [-0.4, -0.2) is 15.0 Å². The number of nitrogens with zero attached hydrogens (tertiary/aromatic N) is 1. The molecule has 0 bridgehead atoms. The largest absolute Gasteiger partial charge is 0.325 e. The van der Waals surface area contributed by atoms with Gasteiger partial charge in [-0.05, 0) is 42.0 Å². The Morgan fingerprint density at radius 1 is 1.04 bits per heavy atom. The molecular formula is C22H21N3O2. The highest BCUT2D eigenvalue weighted by Crippen LogP contribution is 2.35. The number of pyridine rings is 1. The number of allylic oxidation sites excluding steroid dienone is 2. The molecule has 2 N–H and O–H groups in total. The third-order valence-corrected chi connectivity index (χ3v) is 5.15. The second-order valence-electron chi connectivity index (χ2n) is 6.91. The Bertz CT molecular complexity index is 1070. The van der Waals surface area contributed by atoms with Crippen LogP contribution in [0.25, 0.3) is 5.57 Å². The van der Waals surface area contributed by atoms with Crippen LogP contribution in [0.4, 0.5) is 0 Å². The van der Waals surface area contributed by atoms with E-state index in [1.54, 1.807) is 6.20 Å². The van der Waals surface area contributed by atoms with Crippen molar-refractivity contribution < 1.29 is 0 Å². The lowest BCUT2D eigenvalue weighted by molar-refractivity contribution is 0.596. The minimum absolute atomic E-state index is 0.138. The zero-order valence-electron chi connectivity index (χ0n) is 14.9. The predicted octanol–water partition coefficient (Wildman–Crippen LogP) is 3.40. The van der Waals surface area contributed by atoms with Crippen LogP contribution in [0.3, 0.4) is 0 Å². The molecule has 0 fully saturated rings. The normalized spacial score (nSPS) is 16.7. The minimum atomic E-state index is -0.436. The number of hydrogen-bond donors (Lipinski definition) is 2. The minimum Gasteiger partial charge on any atom is -0.311 e. The zero-order chi connectivity index (χ0) is 18.6. The molecule has 27 heavy (non-hydrogen) atoms. The number of benzene rings is 1. The van der Waals surface area contributed by atoms with Gasteiger partial charge >= 0.3 is 5.69 Å². The molecule has 0 aliphatic heterocycles. The molecule has 2 heterocycles. The van der Waals surface area contributed by atoms with Gasteiger partial charge in [0.2, 0.25) is 0 Å². The third-order valence-electron chi connectivity index (χ3n) is 5.15. The first-order chi connectivity index (χ1) is 13.2. The molecule has 2 aromatic heterocycles. The van der Waals surface area contributed by atoms with Crippen LogP contribution in [0, 0.1) is 0 Å².